The average Bonchev–Trinajstić information content (AvgIpc) is 2.96. The minimum atomic E-state index is -0.486. The summed E-state index contributed by atoms with van der Waals surface area (Å²) in [5, 5.41) is 2.85. The first kappa shape index (κ1) is 15.4. The van der Waals surface area contributed by atoms with Gasteiger partial charge in [0.05, 0.1) is 5.56 Å². The summed E-state index contributed by atoms with van der Waals surface area (Å²) in [7, 11) is 0. The fourth-order valence-corrected chi connectivity index (χ4v) is 2.98. The molecule has 1 N–H and O–H groups in total. The van der Waals surface area contributed by atoms with Gasteiger partial charge in [0.2, 0.25) is 0 Å². The zero-order chi connectivity index (χ0) is 14.5. The summed E-state index contributed by atoms with van der Waals surface area (Å²) in [6, 6.07) is 4.75. The van der Waals surface area contributed by atoms with Crippen LogP contribution >= 0.6 is 15.9 Å². The molecule has 3 nitrogen and oxygen atoms in total. The normalized spacial score (nSPS) is 17.1. The molecule has 110 valence electrons. The average molecular weight is 343 g/mol. The zero-order valence-electron chi connectivity index (χ0n) is 11.7. The standard InChI is InChI=1S/C15H20BrFN2O/c1-2-12(19-7-3-4-8-19)10-18-15(20)13-9-11(16)5-6-14(13)17/h5-6,9,12H,2-4,7-8,10H2,1H3,(H,18,20). The molecule has 0 saturated carbocycles. The number of halogens is 2. The summed E-state index contributed by atoms with van der Waals surface area (Å²) in [5.41, 5.74) is 0.0932. The number of benzene rings is 1. The lowest BCUT2D eigenvalue weighted by atomic mass is 10.1. The topological polar surface area (TPSA) is 32.3 Å². The summed E-state index contributed by atoms with van der Waals surface area (Å²) < 4.78 is 14.3. The molecule has 1 aliphatic heterocycles. The van der Waals surface area contributed by atoms with E-state index >= 15 is 0 Å². The number of carbonyl (C=O) groups is 1. The monoisotopic (exact) mass is 342 g/mol. The third kappa shape index (κ3) is 3.79. The summed E-state index contributed by atoms with van der Waals surface area (Å²) in [6.45, 7) is 4.88. The van der Waals surface area contributed by atoms with Crippen LogP contribution in [-0.4, -0.2) is 36.5 Å². The van der Waals surface area contributed by atoms with Crippen LogP contribution in [0, 0.1) is 5.82 Å². The maximum atomic E-state index is 13.6. The van der Waals surface area contributed by atoms with Gasteiger partial charge in [0.15, 0.2) is 0 Å². The van der Waals surface area contributed by atoms with Crippen LogP contribution in [-0.2, 0) is 0 Å². The predicted molar refractivity (Wildman–Crippen MR) is 81.3 cm³/mol. The SMILES string of the molecule is CCC(CNC(=O)c1cc(Br)ccc1F)N1CCCC1. The van der Waals surface area contributed by atoms with E-state index < -0.39 is 5.82 Å². The molecule has 1 aliphatic rings. The fraction of sp³-hybridized carbons (Fsp3) is 0.533. The molecule has 1 unspecified atom stereocenters. The first-order valence-corrected chi connectivity index (χ1v) is 7.88. The van der Waals surface area contributed by atoms with Crippen LogP contribution in [0.4, 0.5) is 4.39 Å². The van der Waals surface area contributed by atoms with Gasteiger partial charge in [-0.1, -0.05) is 22.9 Å². The van der Waals surface area contributed by atoms with Gasteiger partial charge < -0.3 is 5.32 Å². The summed E-state index contributed by atoms with van der Waals surface area (Å²) in [4.78, 5) is 14.5. The molecule has 0 bridgehead atoms. The molecule has 1 amide bonds. The highest BCUT2D eigenvalue weighted by Gasteiger charge is 2.21. The molecule has 1 atom stereocenters. The van der Waals surface area contributed by atoms with Crippen LogP contribution in [0.2, 0.25) is 0 Å². The minimum Gasteiger partial charge on any atom is -0.350 e. The van der Waals surface area contributed by atoms with Gasteiger partial charge in [-0.25, -0.2) is 4.39 Å². The van der Waals surface area contributed by atoms with Gasteiger partial charge in [-0.05, 0) is 50.6 Å². The van der Waals surface area contributed by atoms with E-state index in [-0.39, 0.29) is 11.5 Å². The molecule has 0 aliphatic carbocycles. The minimum absolute atomic E-state index is 0.0932. The van der Waals surface area contributed by atoms with Crippen molar-refractivity contribution in [3.8, 4) is 0 Å². The van der Waals surface area contributed by atoms with Crippen LogP contribution in [0.25, 0.3) is 0 Å². The molecule has 20 heavy (non-hydrogen) atoms. The van der Waals surface area contributed by atoms with Crippen molar-refractivity contribution in [3.63, 3.8) is 0 Å². The molecule has 2 rings (SSSR count). The number of nitrogens with one attached hydrogen (secondary N) is 1. The lowest BCUT2D eigenvalue weighted by molar-refractivity contribution is 0.0933. The van der Waals surface area contributed by atoms with E-state index in [1.54, 1.807) is 6.07 Å². The summed E-state index contributed by atoms with van der Waals surface area (Å²) in [6.07, 6.45) is 3.44. The molecule has 1 aromatic rings. The van der Waals surface area contributed by atoms with Crippen LogP contribution in [0.3, 0.4) is 0 Å². The maximum absolute atomic E-state index is 13.6. The van der Waals surface area contributed by atoms with Crippen molar-refractivity contribution in [1.29, 1.82) is 0 Å². The number of carbonyl (C=O) groups excluding carboxylic acids is 1. The Kier molecular flexibility index (Phi) is 5.54. The van der Waals surface area contributed by atoms with Gasteiger partial charge in [-0.3, -0.25) is 9.69 Å². The Morgan fingerprint density at radius 3 is 2.80 bits per heavy atom. The highest BCUT2D eigenvalue weighted by atomic mass is 79.9. The van der Waals surface area contributed by atoms with Gasteiger partial charge in [0.25, 0.3) is 5.91 Å². The van der Waals surface area contributed by atoms with E-state index in [1.807, 2.05) is 0 Å². The number of likely N-dealkylation sites (tertiary alicyclic amines) is 1. The van der Waals surface area contributed by atoms with E-state index in [0.29, 0.717) is 17.1 Å². The second kappa shape index (κ2) is 7.18. The van der Waals surface area contributed by atoms with Crippen LogP contribution in [0.15, 0.2) is 22.7 Å². The first-order valence-electron chi connectivity index (χ1n) is 7.09. The second-order valence-electron chi connectivity index (χ2n) is 5.14. The Morgan fingerprint density at radius 1 is 1.45 bits per heavy atom. The van der Waals surface area contributed by atoms with Crippen LogP contribution in [0.5, 0.6) is 0 Å². The number of nitrogens with zero attached hydrogens (tertiary/aromatic N) is 1. The molecule has 1 aromatic carbocycles. The van der Waals surface area contributed by atoms with Gasteiger partial charge >= 0.3 is 0 Å². The van der Waals surface area contributed by atoms with Crippen LogP contribution in [0.1, 0.15) is 36.5 Å². The van der Waals surface area contributed by atoms with Crippen LogP contribution < -0.4 is 5.32 Å². The van der Waals surface area contributed by atoms with Gasteiger partial charge in [-0.15, -0.1) is 0 Å². The fourth-order valence-electron chi connectivity index (χ4n) is 2.62. The quantitative estimate of drug-likeness (QED) is 0.891. The molecular formula is C15H20BrFN2O. The largest absolute Gasteiger partial charge is 0.350 e. The molecule has 0 aromatic heterocycles. The van der Waals surface area contributed by atoms with Gasteiger partial charge in [-0.2, -0.15) is 0 Å². The van der Waals surface area contributed by atoms with Crippen molar-refractivity contribution >= 4 is 21.8 Å². The van der Waals surface area contributed by atoms with E-state index in [2.05, 4.69) is 33.1 Å². The van der Waals surface area contributed by atoms with Crippen molar-refractivity contribution in [2.45, 2.75) is 32.2 Å². The Balaban J connectivity index is 1.95. The molecule has 1 fully saturated rings. The predicted octanol–water partition coefficient (Wildman–Crippen LogP) is 3.19. The number of amides is 1. The lowest BCUT2D eigenvalue weighted by Gasteiger charge is -2.26. The summed E-state index contributed by atoms with van der Waals surface area (Å²) in [5.74, 6) is -0.832. The number of rotatable bonds is 5. The highest BCUT2D eigenvalue weighted by molar-refractivity contribution is 9.10. The van der Waals surface area contributed by atoms with Crippen molar-refractivity contribution in [2.75, 3.05) is 19.6 Å². The number of hydrogen-bond donors (Lipinski definition) is 1. The van der Waals surface area contributed by atoms with Gasteiger partial charge in [0.1, 0.15) is 5.82 Å². The zero-order valence-corrected chi connectivity index (χ0v) is 13.2. The van der Waals surface area contributed by atoms with Gasteiger partial charge in [0, 0.05) is 17.1 Å². The molecule has 1 saturated heterocycles. The second-order valence-corrected chi connectivity index (χ2v) is 6.06. The van der Waals surface area contributed by atoms with Crippen molar-refractivity contribution < 1.29 is 9.18 Å². The Hall–Kier alpha value is -0.940. The highest BCUT2D eigenvalue weighted by Crippen LogP contribution is 2.16. The van der Waals surface area contributed by atoms with E-state index in [1.165, 1.54) is 25.0 Å². The molecule has 0 spiro atoms. The maximum Gasteiger partial charge on any atom is 0.254 e. The Morgan fingerprint density at radius 2 is 2.15 bits per heavy atom. The third-order valence-corrected chi connectivity index (χ3v) is 4.29. The summed E-state index contributed by atoms with van der Waals surface area (Å²) >= 11 is 3.26. The Bertz CT molecular complexity index is 475. The number of hydrogen-bond acceptors (Lipinski definition) is 2. The molecule has 0 radical (unpaired) electrons. The molecule has 1 heterocycles. The molecule has 5 heteroatoms. The first-order chi connectivity index (χ1) is 9.61. The van der Waals surface area contributed by atoms with E-state index in [4.69, 9.17) is 0 Å². The van der Waals surface area contributed by atoms with Crippen molar-refractivity contribution in [3.05, 3.63) is 34.1 Å². The van der Waals surface area contributed by atoms with E-state index in [0.717, 1.165) is 19.5 Å². The third-order valence-electron chi connectivity index (χ3n) is 3.80. The molecular weight excluding hydrogens is 323 g/mol. The van der Waals surface area contributed by atoms with Crippen molar-refractivity contribution in [2.24, 2.45) is 0 Å². The smallest absolute Gasteiger partial charge is 0.254 e. The lowest BCUT2D eigenvalue weighted by Crippen LogP contribution is -2.42. The Labute approximate surface area is 127 Å². The van der Waals surface area contributed by atoms with E-state index in [9.17, 15) is 9.18 Å². The van der Waals surface area contributed by atoms with Crippen molar-refractivity contribution in [1.82, 2.24) is 10.2 Å².